The lowest BCUT2D eigenvalue weighted by atomic mass is 9.99. The molecular formula is C22H20N6O. The predicted octanol–water partition coefficient (Wildman–Crippen LogP) is 3.16. The molecule has 7 nitrogen and oxygen atoms in total. The summed E-state index contributed by atoms with van der Waals surface area (Å²) in [4.78, 5) is 20.5. The van der Waals surface area contributed by atoms with E-state index in [4.69, 9.17) is 16.7 Å². The molecule has 0 unspecified atom stereocenters. The predicted molar refractivity (Wildman–Crippen MR) is 112 cm³/mol. The quantitative estimate of drug-likeness (QED) is 0.494. The monoisotopic (exact) mass is 384 g/mol. The molecule has 0 spiro atoms. The number of rotatable bonds is 6. The number of nitrogens with zero attached hydrogens (tertiary/aromatic N) is 4. The largest absolute Gasteiger partial charge is 0.382 e. The Morgan fingerprint density at radius 1 is 1.17 bits per heavy atom. The van der Waals surface area contributed by atoms with E-state index in [-0.39, 0.29) is 0 Å². The van der Waals surface area contributed by atoms with Crippen LogP contribution in [0.25, 0.3) is 21.9 Å². The van der Waals surface area contributed by atoms with Crippen LogP contribution in [0.4, 0.5) is 5.82 Å². The lowest BCUT2D eigenvalue weighted by Gasteiger charge is -2.09. The minimum Gasteiger partial charge on any atom is -0.382 e. The topological polar surface area (TPSA) is 124 Å². The fraction of sp³-hybridized carbons (Fsp3) is 0.182. The SMILES string of the molecule is N#Cc1ccc(C(N)=O)c(CCCCn2cnc3c(N)nc4ccccc4c32)c1. The highest BCUT2D eigenvalue weighted by Crippen LogP contribution is 2.27. The molecule has 0 bridgehead atoms. The van der Waals surface area contributed by atoms with Crippen LogP contribution in [0.15, 0.2) is 48.8 Å². The summed E-state index contributed by atoms with van der Waals surface area (Å²) in [5.74, 6) is -0.0450. The van der Waals surface area contributed by atoms with Crippen LogP contribution >= 0.6 is 0 Å². The summed E-state index contributed by atoms with van der Waals surface area (Å²) in [6.45, 7) is 0.758. The van der Waals surface area contributed by atoms with Crippen molar-refractivity contribution in [3.05, 3.63) is 65.5 Å². The molecule has 0 aliphatic rings. The highest BCUT2D eigenvalue weighted by molar-refractivity contribution is 6.06. The number of fused-ring (bicyclic) bond motifs is 3. The van der Waals surface area contributed by atoms with Crippen molar-refractivity contribution >= 4 is 33.7 Å². The Hall–Kier alpha value is -3.92. The molecule has 0 atom stereocenters. The van der Waals surface area contributed by atoms with Crippen molar-refractivity contribution in [3.8, 4) is 6.07 Å². The number of hydrogen-bond donors (Lipinski definition) is 2. The number of carbonyl (C=O) groups excluding carboxylic acids is 1. The molecule has 4 aromatic rings. The van der Waals surface area contributed by atoms with Crippen molar-refractivity contribution in [1.82, 2.24) is 14.5 Å². The van der Waals surface area contributed by atoms with E-state index in [9.17, 15) is 4.79 Å². The average molecular weight is 384 g/mol. The van der Waals surface area contributed by atoms with E-state index in [1.807, 2.05) is 24.3 Å². The lowest BCUT2D eigenvalue weighted by Crippen LogP contribution is -2.14. The Morgan fingerprint density at radius 2 is 2.00 bits per heavy atom. The molecule has 4 N–H and O–H groups in total. The molecule has 144 valence electrons. The first-order valence-corrected chi connectivity index (χ1v) is 9.40. The van der Waals surface area contributed by atoms with Gasteiger partial charge in [-0.15, -0.1) is 0 Å². The van der Waals surface area contributed by atoms with E-state index in [0.29, 0.717) is 28.9 Å². The molecule has 0 radical (unpaired) electrons. The van der Waals surface area contributed by atoms with Crippen LogP contribution in [-0.4, -0.2) is 20.4 Å². The van der Waals surface area contributed by atoms with E-state index >= 15 is 0 Å². The molecule has 0 aliphatic carbocycles. The smallest absolute Gasteiger partial charge is 0.248 e. The number of amides is 1. The van der Waals surface area contributed by atoms with Gasteiger partial charge in [-0.05, 0) is 49.1 Å². The molecule has 0 aliphatic heterocycles. The number of imidazole rings is 1. The number of para-hydroxylation sites is 1. The Kier molecular flexibility index (Phi) is 4.83. The fourth-order valence-electron chi connectivity index (χ4n) is 3.68. The molecule has 0 saturated heterocycles. The standard InChI is InChI=1S/C22H20N6O/c23-12-14-8-9-16(22(25)29)15(11-14)5-3-4-10-28-13-26-19-20(28)17-6-1-2-7-18(17)27-21(19)24/h1-2,6-9,11,13H,3-5,10H2,(H2,24,27)(H2,25,29). The van der Waals surface area contributed by atoms with E-state index in [1.54, 1.807) is 24.5 Å². The average Bonchev–Trinajstić information content (AvgIpc) is 3.16. The molecule has 4 rings (SSSR count). The third-order valence-electron chi connectivity index (χ3n) is 5.08. The van der Waals surface area contributed by atoms with E-state index in [0.717, 1.165) is 41.4 Å². The third-order valence-corrected chi connectivity index (χ3v) is 5.08. The molecule has 29 heavy (non-hydrogen) atoms. The van der Waals surface area contributed by atoms with Crippen LogP contribution in [0.1, 0.15) is 34.3 Å². The number of nitrogen functional groups attached to an aromatic ring is 1. The Bertz CT molecular complexity index is 1270. The zero-order valence-corrected chi connectivity index (χ0v) is 15.8. The molecule has 1 amide bonds. The van der Waals surface area contributed by atoms with Crippen molar-refractivity contribution in [1.29, 1.82) is 5.26 Å². The molecular weight excluding hydrogens is 364 g/mol. The number of carbonyl (C=O) groups is 1. The first-order valence-electron chi connectivity index (χ1n) is 9.40. The van der Waals surface area contributed by atoms with Gasteiger partial charge < -0.3 is 16.0 Å². The number of pyridine rings is 1. The normalized spacial score (nSPS) is 11.0. The molecule has 2 heterocycles. The van der Waals surface area contributed by atoms with Crippen molar-refractivity contribution in [2.24, 2.45) is 5.73 Å². The third kappa shape index (κ3) is 3.48. The highest BCUT2D eigenvalue weighted by Gasteiger charge is 2.12. The van der Waals surface area contributed by atoms with Gasteiger partial charge in [0.2, 0.25) is 5.91 Å². The minimum absolute atomic E-state index is 0.428. The van der Waals surface area contributed by atoms with Gasteiger partial charge in [0, 0.05) is 17.5 Å². The van der Waals surface area contributed by atoms with Gasteiger partial charge in [0.15, 0.2) is 5.82 Å². The Morgan fingerprint density at radius 3 is 2.79 bits per heavy atom. The maximum Gasteiger partial charge on any atom is 0.248 e. The van der Waals surface area contributed by atoms with Gasteiger partial charge in [0.1, 0.15) is 5.52 Å². The number of anilines is 1. The number of nitrogens with two attached hydrogens (primary N) is 2. The van der Waals surface area contributed by atoms with Gasteiger partial charge in [-0.3, -0.25) is 4.79 Å². The van der Waals surface area contributed by atoms with Gasteiger partial charge in [-0.1, -0.05) is 18.2 Å². The second-order valence-corrected chi connectivity index (χ2v) is 6.95. The van der Waals surface area contributed by atoms with E-state index in [2.05, 4.69) is 20.6 Å². The zero-order valence-electron chi connectivity index (χ0n) is 15.8. The fourth-order valence-corrected chi connectivity index (χ4v) is 3.68. The van der Waals surface area contributed by atoms with Crippen molar-refractivity contribution in [2.45, 2.75) is 25.8 Å². The van der Waals surface area contributed by atoms with Crippen molar-refractivity contribution in [3.63, 3.8) is 0 Å². The summed E-state index contributed by atoms with van der Waals surface area (Å²) in [6.07, 6.45) is 4.18. The number of unbranched alkanes of at least 4 members (excludes halogenated alkanes) is 1. The van der Waals surface area contributed by atoms with Crippen LogP contribution in [0, 0.1) is 11.3 Å². The van der Waals surface area contributed by atoms with Crippen molar-refractivity contribution < 1.29 is 4.79 Å². The van der Waals surface area contributed by atoms with Crippen LogP contribution in [0.2, 0.25) is 0 Å². The molecule has 2 aromatic heterocycles. The Balaban J connectivity index is 1.53. The lowest BCUT2D eigenvalue weighted by molar-refractivity contribution is 0.0999. The molecule has 0 saturated carbocycles. The van der Waals surface area contributed by atoms with Gasteiger partial charge in [0.25, 0.3) is 0 Å². The zero-order chi connectivity index (χ0) is 20.4. The summed E-state index contributed by atoms with van der Waals surface area (Å²) in [5, 5.41) is 10.1. The van der Waals surface area contributed by atoms with Crippen molar-refractivity contribution in [2.75, 3.05) is 5.73 Å². The highest BCUT2D eigenvalue weighted by atomic mass is 16.1. The maximum absolute atomic E-state index is 11.7. The maximum atomic E-state index is 11.7. The van der Waals surface area contributed by atoms with Gasteiger partial charge in [-0.25, -0.2) is 9.97 Å². The van der Waals surface area contributed by atoms with Crippen LogP contribution in [0.3, 0.4) is 0 Å². The molecule has 7 heteroatoms. The van der Waals surface area contributed by atoms with E-state index < -0.39 is 5.91 Å². The van der Waals surface area contributed by atoms with Crippen LogP contribution in [0.5, 0.6) is 0 Å². The number of primary amides is 1. The first kappa shape index (κ1) is 18.4. The summed E-state index contributed by atoms with van der Waals surface area (Å²) in [6, 6.07) is 15.0. The van der Waals surface area contributed by atoms with Crippen LogP contribution in [-0.2, 0) is 13.0 Å². The minimum atomic E-state index is -0.473. The van der Waals surface area contributed by atoms with E-state index in [1.165, 1.54) is 0 Å². The summed E-state index contributed by atoms with van der Waals surface area (Å²) in [5.41, 5.74) is 15.9. The Labute approximate surface area is 167 Å². The number of hydrogen-bond acceptors (Lipinski definition) is 5. The molecule has 2 aromatic carbocycles. The van der Waals surface area contributed by atoms with Gasteiger partial charge in [0.05, 0.1) is 29.0 Å². The number of aryl methyl sites for hydroxylation is 2. The summed E-state index contributed by atoms with van der Waals surface area (Å²) in [7, 11) is 0. The number of benzene rings is 2. The summed E-state index contributed by atoms with van der Waals surface area (Å²) >= 11 is 0. The molecule has 0 fully saturated rings. The van der Waals surface area contributed by atoms with Gasteiger partial charge in [-0.2, -0.15) is 5.26 Å². The summed E-state index contributed by atoms with van der Waals surface area (Å²) < 4.78 is 2.09. The number of aromatic nitrogens is 3. The van der Waals surface area contributed by atoms with Crippen LogP contribution < -0.4 is 11.5 Å². The second kappa shape index (κ2) is 7.60. The number of nitriles is 1. The first-order chi connectivity index (χ1) is 14.1. The van der Waals surface area contributed by atoms with Gasteiger partial charge >= 0.3 is 0 Å². The second-order valence-electron chi connectivity index (χ2n) is 6.95.